The monoisotopic (exact) mass is 255 g/mol. The lowest BCUT2D eigenvalue weighted by Gasteiger charge is -2.22. The summed E-state index contributed by atoms with van der Waals surface area (Å²) in [5.41, 5.74) is 8.29. The van der Waals surface area contributed by atoms with Gasteiger partial charge in [0.25, 0.3) is 0 Å². The molecule has 0 aromatic heterocycles. The second-order valence-corrected chi connectivity index (χ2v) is 5.18. The molecule has 1 aromatic carbocycles. The zero-order valence-electron chi connectivity index (χ0n) is 10.4. The van der Waals surface area contributed by atoms with Crippen LogP contribution >= 0.6 is 11.6 Å². The average molecular weight is 256 g/mol. The first-order chi connectivity index (χ1) is 7.98. The van der Waals surface area contributed by atoms with Gasteiger partial charge in [0, 0.05) is 23.1 Å². The van der Waals surface area contributed by atoms with E-state index in [1.807, 2.05) is 13.8 Å². The fourth-order valence-corrected chi connectivity index (χ4v) is 2.75. The van der Waals surface area contributed by atoms with Crippen molar-refractivity contribution < 1.29 is 9.84 Å². The number of rotatable bonds is 3. The van der Waals surface area contributed by atoms with E-state index in [0.29, 0.717) is 17.3 Å². The first-order valence-electron chi connectivity index (χ1n) is 5.74. The van der Waals surface area contributed by atoms with Crippen LogP contribution in [0.15, 0.2) is 0 Å². The van der Waals surface area contributed by atoms with Crippen molar-refractivity contribution in [2.45, 2.75) is 32.1 Å². The van der Waals surface area contributed by atoms with Crippen LogP contribution < -0.4 is 10.5 Å². The number of nitrogens with two attached hydrogens (primary N) is 1. The molecule has 0 amide bonds. The number of ether oxygens (including phenoxy) is 1. The highest BCUT2D eigenvalue weighted by Gasteiger charge is 2.47. The molecular formula is C13H18ClNO2. The molecule has 0 unspecified atom stereocenters. The van der Waals surface area contributed by atoms with E-state index < -0.39 is 0 Å². The molecule has 94 valence electrons. The van der Waals surface area contributed by atoms with E-state index in [1.54, 1.807) is 7.11 Å². The number of phenols is 1. The third-order valence-corrected chi connectivity index (χ3v) is 4.37. The van der Waals surface area contributed by atoms with Crippen LogP contribution in [0, 0.1) is 13.8 Å². The molecule has 0 radical (unpaired) electrons. The molecule has 0 aliphatic heterocycles. The molecule has 4 heteroatoms. The van der Waals surface area contributed by atoms with E-state index >= 15 is 0 Å². The van der Waals surface area contributed by atoms with E-state index in [-0.39, 0.29) is 11.2 Å². The van der Waals surface area contributed by atoms with Gasteiger partial charge in [0.15, 0.2) is 11.5 Å². The highest BCUT2D eigenvalue weighted by Crippen LogP contribution is 2.55. The van der Waals surface area contributed by atoms with Crippen molar-refractivity contribution in [1.82, 2.24) is 0 Å². The Balaban J connectivity index is 2.71. The Morgan fingerprint density at radius 1 is 1.35 bits per heavy atom. The van der Waals surface area contributed by atoms with Gasteiger partial charge in [-0.2, -0.15) is 0 Å². The predicted octanol–water partition coefficient (Wildman–Crippen LogP) is 2.66. The first-order valence-corrected chi connectivity index (χ1v) is 6.12. The number of hydrogen-bond donors (Lipinski definition) is 2. The maximum Gasteiger partial charge on any atom is 0.165 e. The molecule has 0 saturated heterocycles. The largest absolute Gasteiger partial charge is 0.504 e. The van der Waals surface area contributed by atoms with E-state index in [0.717, 1.165) is 29.5 Å². The topological polar surface area (TPSA) is 55.5 Å². The van der Waals surface area contributed by atoms with Crippen LogP contribution in [0.3, 0.4) is 0 Å². The molecule has 3 N–H and O–H groups in total. The second-order valence-electron chi connectivity index (χ2n) is 4.81. The van der Waals surface area contributed by atoms with Gasteiger partial charge in [0.05, 0.1) is 12.1 Å². The summed E-state index contributed by atoms with van der Waals surface area (Å²) in [4.78, 5) is 0. The maximum absolute atomic E-state index is 10.3. The summed E-state index contributed by atoms with van der Waals surface area (Å²) in [6.07, 6.45) is 2.00. The Bertz CT molecular complexity index is 467. The Morgan fingerprint density at radius 2 is 1.94 bits per heavy atom. The fourth-order valence-electron chi connectivity index (χ4n) is 2.57. The molecule has 17 heavy (non-hydrogen) atoms. The Kier molecular flexibility index (Phi) is 3.00. The van der Waals surface area contributed by atoms with Crippen LogP contribution in [0.5, 0.6) is 11.5 Å². The lowest BCUT2D eigenvalue weighted by Crippen LogP contribution is -2.21. The molecule has 1 aliphatic rings. The molecule has 1 aliphatic carbocycles. The van der Waals surface area contributed by atoms with Crippen molar-refractivity contribution in [1.29, 1.82) is 0 Å². The third-order valence-electron chi connectivity index (χ3n) is 3.80. The van der Waals surface area contributed by atoms with Crippen LogP contribution in [0.1, 0.15) is 29.5 Å². The average Bonchev–Trinajstić information content (AvgIpc) is 3.08. The fraction of sp³-hybridized carbons (Fsp3) is 0.538. The number of phenolic OH excluding ortho intramolecular Hbond substituents is 1. The second kappa shape index (κ2) is 4.07. The SMILES string of the molecule is COc1c(C)c(Cl)c(C)c(C2(CN)CC2)c1O. The lowest BCUT2D eigenvalue weighted by molar-refractivity contribution is 0.364. The number of halogens is 1. The normalized spacial score (nSPS) is 17.0. The van der Waals surface area contributed by atoms with Gasteiger partial charge < -0.3 is 15.6 Å². The zero-order valence-corrected chi connectivity index (χ0v) is 11.2. The highest BCUT2D eigenvalue weighted by molar-refractivity contribution is 6.32. The van der Waals surface area contributed by atoms with Crippen LogP contribution in [-0.4, -0.2) is 18.8 Å². The van der Waals surface area contributed by atoms with Gasteiger partial charge in [-0.05, 0) is 32.3 Å². The maximum atomic E-state index is 10.3. The number of hydrogen-bond acceptors (Lipinski definition) is 3. The molecule has 1 aromatic rings. The van der Waals surface area contributed by atoms with Crippen molar-refractivity contribution in [3.05, 3.63) is 21.7 Å². The van der Waals surface area contributed by atoms with E-state index in [1.165, 1.54) is 0 Å². The quantitative estimate of drug-likeness (QED) is 0.873. The Hall–Kier alpha value is -0.930. The minimum absolute atomic E-state index is 0.0984. The highest BCUT2D eigenvalue weighted by atomic mass is 35.5. The molecule has 0 bridgehead atoms. The lowest BCUT2D eigenvalue weighted by atomic mass is 9.89. The van der Waals surface area contributed by atoms with Crippen molar-refractivity contribution in [2.24, 2.45) is 5.73 Å². The summed E-state index contributed by atoms with van der Waals surface area (Å²) in [6, 6.07) is 0. The van der Waals surface area contributed by atoms with Crippen molar-refractivity contribution in [3.8, 4) is 11.5 Å². The summed E-state index contributed by atoms with van der Waals surface area (Å²) in [5, 5.41) is 11.0. The van der Waals surface area contributed by atoms with Gasteiger partial charge in [-0.15, -0.1) is 0 Å². The predicted molar refractivity (Wildman–Crippen MR) is 69.1 cm³/mol. The molecule has 1 saturated carbocycles. The van der Waals surface area contributed by atoms with E-state index in [4.69, 9.17) is 22.1 Å². The third kappa shape index (κ3) is 1.69. The first kappa shape index (κ1) is 12.5. The molecule has 0 heterocycles. The number of methoxy groups -OCH3 is 1. The molecule has 3 nitrogen and oxygen atoms in total. The minimum atomic E-state index is -0.0984. The van der Waals surface area contributed by atoms with Crippen LogP contribution in [0.25, 0.3) is 0 Å². The van der Waals surface area contributed by atoms with Gasteiger partial charge in [-0.1, -0.05) is 11.6 Å². The molecule has 2 rings (SSSR count). The zero-order chi connectivity index (χ0) is 12.8. The molecule has 1 fully saturated rings. The van der Waals surface area contributed by atoms with Gasteiger partial charge in [0.1, 0.15) is 0 Å². The molecule has 0 atom stereocenters. The van der Waals surface area contributed by atoms with Gasteiger partial charge >= 0.3 is 0 Å². The molecular weight excluding hydrogens is 238 g/mol. The number of aromatic hydroxyl groups is 1. The van der Waals surface area contributed by atoms with Gasteiger partial charge in [-0.25, -0.2) is 0 Å². The molecule has 0 spiro atoms. The minimum Gasteiger partial charge on any atom is -0.504 e. The summed E-state index contributed by atoms with van der Waals surface area (Å²) in [7, 11) is 1.54. The van der Waals surface area contributed by atoms with Crippen LogP contribution in [-0.2, 0) is 5.41 Å². The van der Waals surface area contributed by atoms with Crippen LogP contribution in [0.4, 0.5) is 0 Å². The van der Waals surface area contributed by atoms with Crippen molar-refractivity contribution in [2.75, 3.05) is 13.7 Å². The number of benzene rings is 1. The Morgan fingerprint density at radius 3 is 2.35 bits per heavy atom. The van der Waals surface area contributed by atoms with Gasteiger partial charge in [0.2, 0.25) is 0 Å². The smallest absolute Gasteiger partial charge is 0.165 e. The van der Waals surface area contributed by atoms with Crippen molar-refractivity contribution in [3.63, 3.8) is 0 Å². The summed E-state index contributed by atoms with van der Waals surface area (Å²) >= 11 is 6.30. The summed E-state index contributed by atoms with van der Waals surface area (Å²) in [6.45, 7) is 4.31. The van der Waals surface area contributed by atoms with Gasteiger partial charge in [-0.3, -0.25) is 0 Å². The van der Waals surface area contributed by atoms with E-state index in [9.17, 15) is 5.11 Å². The summed E-state index contributed by atoms with van der Waals surface area (Å²) < 4.78 is 5.24. The summed E-state index contributed by atoms with van der Waals surface area (Å²) in [5.74, 6) is 0.671. The van der Waals surface area contributed by atoms with Crippen LogP contribution in [0.2, 0.25) is 5.02 Å². The van der Waals surface area contributed by atoms with Crippen molar-refractivity contribution >= 4 is 11.6 Å². The Labute approximate surface area is 107 Å². The standard InChI is InChI=1S/C13H18ClNO2/c1-7-9(13(6-15)4-5-13)11(16)12(17-3)8(2)10(7)14/h16H,4-6,15H2,1-3H3. The van der Waals surface area contributed by atoms with E-state index in [2.05, 4.69) is 0 Å².